The zero-order valence-electron chi connectivity index (χ0n) is 14.3. The smallest absolute Gasteiger partial charge is 0.322 e. The monoisotopic (exact) mass is 335 g/mol. The minimum atomic E-state index is -0.791. The number of aromatic nitrogens is 2. The molecule has 0 unspecified atom stereocenters. The number of piperazine rings is 1. The maximum atomic E-state index is 11.5. The van der Waals surface area contributed by atoms with Gasteiger partial charge in [-0.15, -0.1) is 0 Å². The maximum Gasteiger partial charge on any atom is 0.322 e. The SMILES string of the molecule is CCc1cc(N2CCN(C)[C@@H](C(=O)O)C2)nc(N2CCOCC2)n1. The Bertz CT molecular complexity index is 591. The summed E-state index contributed by atoms with van der Waals surface area (Å²) >= 11 is 0. The second-order valence-corrected chi connectivity index (χ2v) is 6.25. The van der Waals surface area contributed by atoms with Gasteiger partial charge < -0.3 is 19.6 Å². The lowest BCUT2D eigenvalue weighted by atomic mass is 10.1. The molecule has 0 amide bonds. The summed E-state index contributed by atoms with van der Waals surface area (Å²) < 4.78 is 5.40. The van der Waals surface area contributed by atoms with E-state index in [-0.39, 0.29) is 0 Å². The number of carboxylic acids is 1. The standard InChI is InChI=1S/C16H25N5O3/c1-3-12-10-14(18-16(17-12)20-6-8-24-9-7-20)21-5-4-19(2)13(11-21)15(22)23/h10,13H,3-9,11H2,1-2H3,(H,22,23)/t13-/m1/s1. The predicted octanol–water partition coefficient (Wildman–Crippen LogP) is 0.0806. The second-order valence-electron chi connectivity index (χ2n) is 6.25. The normalized spacial score (nSPS) is 22.7. The average Bonchev–Trinajstić information content (AvgIpc) is 2.62. The Morgan fingerprint density at radius 1 is 1.25 bits per heavy atom. The van der Waals surface area contributed by atoms with Crippen molar-refractivity contribution in [2.75, 3.05) is 62.8 Å². The lowest BCUT2D eigenvalue weighted by molar-refractivity contribution is -0.142. The van der Waals surface area contributed by atoms with Gasteiger partial charge in [-0.25, -0.2) is 4.98 Å². The number of aliphatic carboxylic acids is 1. The lowest BCUT2D eigenvalue weighted by Crippen LogP contribution is -2.55. The van der Waals surface area contributed by atoms with E-state index in [9.17, 15) is 9.90 Å². The molecule has 3 rings (SSSR count). The number of ether oxygens (including phenoxy) is 1. The van der Waals surface area contributed by atoms with Crippen LogP contribution in [-0.2, 0) is 16.0 Å². The Morgan fingerprint density at radius 2 is 2.00 bits per heavy atom. The number of aryl methyl sites for hydroxylation is 1. The molecule has 3 heterocycles. The highest BCUT2D eigenvalue weighted by atomic mass is 16.5. The van der Waals surface area contributed by atoms with Crippen LogP contribution in [0.25, 0.3) is 0 Å². The van der Waals surface area contributed by atoms with Crippen molar-refractivity contribution in [2.24, 2.45) is 0 Å². The Balaban J connectivity index is 1.85. The summed E-state index contributed by atoms with van der Waals surface area (Å²) in [6.45, 7) is 6.92. The van der Waals surface area contributed by atoms with Gasteiger partial charge in [0.15, 0.2) is 0 Å². The summed E-state index contributed by atoms with van der Waals surface area (Å²) in [5.41, 5.74) is 0.979. The van der Waals surface area contributed by atoms with E-state index in [4.69, 9.17) is 9.72 Å². The average molecular weight is 335 g/mol. The molecule has 0 aliphatic carbocycles. The quantitative estimate of drug-likeness (QED) is 0.828. The minimum absolute atomic E-state index is 0.439. The van der Waals surface area contributed by atoms with Crippen molar-refractivity contribution < 1.29 is 14.6 Å². The molecule has 2 aliphatic heterocycles. The van der Waals surface area contributed by atoms with E-state index >= 15 is 0 Å². The molecule has 2 aliphatic rings. The largest absolute Gasteiger partial charge is 0.480 e. The third-order valence-electron chi connectivity index (χ3n) is 4.67. The van der Waals surface area contributed by atoms with Crippen LogP contribution in [0.4, 0.5) is 11.8 Å². The first-order valence-corrected chi connectivity index (χ1v) is 8.47. The molecule has 0 aromatic carbocycles. The number of nitrogens with zero attached hydrogens (tertiary/aromatic N) is 5. The van der Waals surface area contributed by atoms with Gasteiger partial charge >= 0.3 is 5.97 Å². The Morgan fingerprint density at radius 3 is 2.67 bits per heavy atom. The third kappa shape index (κ3) is 3.59. The fourth-order valence-corrected chi connectivity index (χ4v) is 3.07. The van der Waals surface area contributed by atoms with Crippen LogP contribution in [0.3, 0.4) is 0 Å². The topological polar surface area (TPSA) is 82.0 Å². The molecule has 8 heteroatoms. The van der Waals surface area contributed by atoms with Crippen molar-refractivity contribution in [1.29, 1.82) is 0 Å². The van der Waals surface area contributed by atoms with Crippen LogP contribution < -0.4 is 9.80 Å². The predicted molar refractivity (Wildman–Crippen MR) is 90.7 cm³/mol. The number of likely N-dealkylation sites (N-methyl/N-ethyl adjacent to an activating group) is 1. The highest BCUT2D eigenvalue weighted by molar-refractivity contribution is 5.74. The maximum absolute atomic E-state index is 11.5. The molecule has 2 fully saturated rings. The Kier molecular flexibility index (Phi) is 5.15. The fraction of sp³-hybridized carbons (Fsp3) is 0.688. The van der Waals surface area contributed by atoms with Gasteiger partial charge in [-0.3, -0.25) is 9.69 Å². The number of morpholine rings is 1. The van der Waals surface area contributed by atoms with E-state index in [1.54, 1.807) is 0 Å². The van der Waals surface area contributed by atoms with Gasteiger partial charge in [0.1, 0.15) is 11.9 Å². The van der Waals surface area contributed by atoms with Gasteiger partial charge in [-0.2, -0.15) is 4.98 Å². The van der Waals surface area contributed by atoms with E-state index in [1.807, 2.05) is 18.0 Å². The third-order valence-corrected chi connectivity index (χ3v) is 4.67. The van der Waals surface area contributed by atoms with E-state index in [0.717, 1.165) is 43.5 Å². The van der Waals surface area contributed by atoms with Crippen LogP contribution in [0.2, 0.25) is 0 Å². The Hall–Kier alpha value is -1.93. The minimum Gasteiger partial charge on any atom is -0.480 e. The number of rotatable bonds is 4. The number of hydrogen-bond acceptors (Lipinski definition) is 7. The number of carbonyl (C=O) groups is 1. The molecule has 1 aromatic rings. The summed E-state index contributed by atoms with van der Waals surface area (Å²) in [5, 5.41) is 9.41. The highest BCUT2D eigenvalue weighted by Gasteiger charge is 2.31. The second kappa shape index (κ2) is 7.31. The van der Waals surface area contributed by atoms with Gasteiger partial charge in [0, 0.05) is 44.5 Å². The van der Waals surface area contributed by atoms with Crippen LogP contribution in [0.5, 0.6) is 0 Å². The van der Waals surface area contributed by atoms with Gasteiger partial charge in [-0.05, 0) is 13.5 Å². The van der Waals surface area contributed by atoms with Crippen LogP contribution in [0, 0.1) is 0 Å². The zero-order valence-corrected chi connectivity index (χ0v) is 14.3. The summed E-state index contributed by atoms with van der Waals surface area (Å²) in [5.74, 6) is 0.751. The highest BCUT2D eigenvalue weighted by Crippen LogP contribution is 2.21. The molecule has 1 atom stereocenters. The summed E-state index contributed by atoms with van der Waals surface area (Å²) in [4.78, 5) is 26.9. The molecule has 2 saturated heterocycles. The Labute approximate surface area is 142 Å². The van der Waals surface area contributed by atoms with E-state index in [2.05, 4.69) is 21.7 Å². The number of anilines is 2. The number of hydrogen-bond donors (Lipinski definition) is 1. The molecule has 24 heavy (non-hydrogen) atoms. The summed E-state index contributed by atoms with van der Waals surface area (Å²) in [6.07, 6.45) is 0.822. The molecule has 0 saturated carbocycles. The van der Waals surface area contributed by atoms with Crippen molar-refractivity contribution in [1.82, 2.24) is 14.9 Å². The summed E-state index contributed by atoms with van der Waals surface area (Å²) in [7, 11) is 1.85. The molecule has 0 bridgehead atoms. The summed E-state index contributed by atoms with van der Waals surface area (Å²) in [6, 6.07) is 1.47. The van der Waals surface area contributed by atoms with Gasteiger partial charge in [0.25, 0.3) is 0 Å². The van der Waals surface area contributed by atoms with Crippen LogP contribution in [0.1, 0.15) is 12.6 Å². The van der Waals surface area contributed by atoms with Crippen molar-refractivity contribution in [2.45, 2.75) is 19.4 Å². The fourth-order valence-electron chi connectivity index (χ4n) is 3.07. The molecule has 8 nitrogen and oxygen atoms in total. The van der Waals surface area contributed by atoms with E-state index < -0.39 is 12.0 Å². The van der Waals surface area contributed by atoms with E-state index in [0.29, 0.717) is 26.3 Å². The first-order valence-electron chi connectivity index (χ1n) is 8.47. The molecule has 1 N–H and O–H groups in total. The van der Waals surface area contributed by atoms with Gasteiger partial charge in [0.2, 0.25) is 5.95 Å². The van der Waals surface area contributed by atoms with Crippen LogP contribution in [-0.4, -0.2) is 85.0 Å². The van der Waals surface area contributed by atoms with Crippen molar-refractivity contribution >= 4 is 17.7 Å². The van der Waals surface area contributed by atoms with Crippen molar-refractivity contribution in [3.05, 3.63) is 11.8 Å². The molecule has 132 valence electrons. The number of carboxylic acid groups (broad SMARTS) is 1. The van der Waals surface area contributed by atoms with Crippen LogP contribution >= 0.6 is 0 Å². The van der Waals surface area contributed by atoms with Gasteiger partial charge in [0.05, 0.1) is 13.2 Å². The van der Waals surface area contributed by atoms with Gasteiger partial charge in [-0.1, -0.05) is 6.92 Å². The molecular weight excluding hydrogens is 310 g/mol. The van der Waals surface area contributed by atoms with E-state index in [1.165, 1.54) is 0 Å². The van der Waals surface area contributed by atoms with Crippen molar-refractivity contribution in [3.63, 3.8) is 0 Å². The first-order chi connectivity index (χ1) is 11.6. The lowest BCUT2D eigenvalue weighted by Gasteiger charge is -2.38. The molecular formula is C16H25N5O3. The first kappa shape index (κ1) is 16.9. The zero-order chi connectivity index (χ0) is 17.1. The molecule has 0 spiro atoms. The van der Waals surface area contributed by atoms with Crippen molar-refractivity contribution in [3.8, 4) is 0 Å². The van der Waals surface area contributed by atoms with Crippen LogP contribution in [0.15, 0.2) is 6.07 Å². The molecule has 0 radical (unpaired) electrons. The molecule has 1 aromatic heterocycles.